The van der Waals surface area contributed by atoms with Crippen molar-refractivity contribution in [3.05, 3.63) is 71.9 Å². The second-order valence-corrected chi connectivity index (χ2v) is 4.11. The van der Waals surface area contributed by atoms with Gasteiger partial charge in [-0.05, 0) is 0 Å². The lowest BCUT2D eigenvalue weighted by Gasteiger charge is -2.05. The van der Waals surface area contributed by atoms with Crippen molar-refractivity contribution < 1.29 is 4.85 Å². The first kappa shape index (κ1) is 11.3. The minimum absolute atomic E-state index is 0.495. The molecule has 2 aromatic carbocycles. The zero-order valence-electron chi connectivity index (χ0n) is 10.1. The molecule has 0 atom stereocenters. The summed E-state index contributed by atoms with van der Waals surface area (Å²) in [6.45, 7) is 0. The maximum absolute atomic E-state index is 11.7. The Morgan fingerprint density at radius 2 is 1.37 bits per heavy atom. The van der Waals surface area contributed by atoms with Gasteiger partial charge in [0.1, 0.15) is 5.21 Å². The average molecular weight is 249 g/mol. The Morgan fingerprint density at radius 1 is 0.789 bits per heavy atom. The first-order chi connectivity index (χ1) is 9.34. The molecule has 0 saturated carbocycles. The molecule has 4 nitrogen and oxygen atoms in total. The highest BCUT2D eigenvalue weighted by Gasteiger charge is 2.12. The molecule has 1 aromatic heterocycles. The largest absolute Gasteiger partial charge is 0.691 e. The molecule has 0 N–H and O–H groups in total. The van der Waals surface area contributed by atoms with Crippen LogP contribution >= 0.6 is 0 Å². The SMILES string of the molecule is [O-][n+]1nnc(-c2ccccc2)cc1-c1ccccc1. The summed E-state index contributed by atoms with van der Waals surface area (Å²) in [6, 6.07) is 20.9. The van der Waals surface area contributed by atoms with Crippen LogP contribution in [-0.2, 0) is 0 Å². The van der Waals surface area contributed by atoms with Crippen LogP contribution in [0, 0.1) is 5.21 Å². The highest BCUT2D eigenvalue weighted by molar-refractivity contribution is 5.65. The summed E-state index contributed by atoms with van der Waals surface area (Å²) in [4.78, 5) is 0.543. The van der Waals surface area contributed by atoms with Gasteiger partial charge in [0.25, 0.3) is 0 Å². The van der Waals surface area contributed by atoms with E-state index in [-0.39, 0.29) is 0 Å². The van der Waals surface area contributed by atoms with Crippen LogP contribution < -0.4 is 4.85 Å². The van der Waals surface area contributed by atoms with Crippen LogP contribution in [0.25, 0.3) is 22.5 Å². The summed E-state index contributed by atoms with van der Waals surface area (Å²) in [7, 11) is 0. The maximum atomic E-state index is 11.7. The van der Waals surface area contributed by atoms with Crippen molar-refractivity contribution in [1.82, 2.24) is 10.3 Å². The molecule has 0 radical (unpaired) electrons. The van der Waals surface area contributed by atoms with Crippen molar-refractivity contribution in [3.63, 3.8) is 0 Å². The zero-order chi connectivity index (χ0) is 13.1. The Hall–Kier alpha value is -2.75. The van der Waals surface area contributed by atoms with Crippen LogP contribution in [0.1, 0.15) is 0 Å². The number of hydrogen-bond donors (Lipinski definition) is 0. The van der Waals surface area contributed by atoms with E-state index in [4.69, 9.17) is 0 Å². The van der Waals surface area contributed by atoms with Crippen molar-refractivity contribution in [2.75, 3.05) is 0 Å². The molecule has 0 unspecified atom stereocenters. The summed E-state index contributed by atoms with van der Waals surface area (Å²) in [5.41, 5.74) is 2.94. The van der Waals surface area contributed by atoms with Gasteiger partial charge >= 0.3 is 0 Å². The van der Waals surface area contributed by atoms with Gasteiger partial charge < -0.3 is 5.21 Å². The monoisotopic (exact) mass is 249 g/mol. The molecule has 0 saturated heterocycles. The standard InChI is InChI=1S/C15H11N3O/c19-18-15(13-9-5-2-6-10-13)11-14(16-17-18)12-7-3-1-4-8-12/h1-11H. The van der Waals surface area contributed by atoms with E-state index < -0.39 is 0 Å². The van der Waals surface area contributed by atoms with Crippen LogP contribution in [0.15, 0.2) is 66.7 Å². The molecule has 3 rings (SSSR count). The van der Waals surface area contributed by atoms with Crippen molar-refractivity contribution in [1.29, 1.82) is 0 Å². The van der Waals surface area contributed by atoms with Crippen molar-refractivity contribution in [2.45, 2.75) is 0 Å². The van der Waals surface area contributed by atoms with Crippen LogP contribution in [0.4, 0.5) is 0 Å². The van der Waals surface area contributed by atoms with Crippen molar-refractivity contribution in [2.24, 2.45) is 0 Å². The Morgan fingerprint density at radius 3 is 2.00 bits per heavy atom. The van der Waals surface area contributed by atoms with E-state index in [9.17, 15) is 5.21 Å². The van der Waals surface area contributed by atoms with Crippen LogP contribution in [0.2, 0.25) is 0 Å². The quantitative estimate of drug-likeness (QED) is 0.517. The molecule has 1 heterocycles. The molecule has 4 heteroatoms. The van der Waals surface area contributed by atoms with Gasteiger partial charge in [-0.25, -0.2) is 0 Å². The predicted octanol–water partition coefficient (Wildman–Crippen LogP) is 2.44. The van der Waals surface area contributed by atoms with Gasteiger partial charge in [0, 0.05) is 17.2 Å². The Balaban J connectivity index is 2.12. The normalized spacial score (nSPS) is 10.3. The molecule has 0 fully saturated rings. The fourth-order valence-electron chi connectivity index (χ4n) is 1.90. The van der Waals surface area contributed by atoms with Crippen LogP contribution in [-0.4, -0.2) is 10.3 Å². The van der Waals surface area contributed by atoms with E-state index in [0.717, 1.165) is 11.1 Å². The topological polar surface area (TPSA) is 52.7 Å². The Labute approximate surface area is 110 Å². The molecule has 0 bridgehead atoms. The summed E-state index contributed by atoms with van der Waals surface area (Å²) in [5.74, 6) is 0. The van der Waals surface area contributed by atoms with E-state index in [0.29, 0.717) is 16.2 Å². The van der Waals surface area contributed by atoms with Gasteiger partial charge in [-0.15, -0.1) is 4.85 Å². The molecule has 0 amide bonds. The van der Waals surface area contributed by atoms with E-state index in [1.54, 1.807) is 6.07 Å². The molecule has 92 valence electrons. The maximum Gasteiger partial charge on any atom is 0.215 e. The molecule has 0 spiro atoms. The predicted molar refractivity (Wildman–Crippen MR) is 71.9 cm³/mol. The Kier molecular flexibility index (Phi) is 2.90. The lowest BCUT2D eigenvalue weighted by Crippen LogP contribution is -2.35. The third-order valence-corrected chi connectivity index (χ3v) is 2.85. The van der Waals surface area contributed by atoms with E-state index in [1.165, 1.54) is 0 Å². The van der Waals surface area contributed by atoms with Gasteiger partial charge in [-0.1, -0.05) is 60.7 Å². The highest BCUT2D eigenvalue weighted by atomic mass is 16.5. The van der Waals surface area contributed by atoms with Gasteiger partial charge in [-0.2, -0.15) is 0 Å². The van der Waals surface area contributed by atoms with Gasteiger partial charge in [0.2, 0.25) is 5.69 Å². The second-order valence-electron chi connectivity index (χ2n) is 4.11. The molecule has 0 aliphatic rings. The number of rotatable bonds is 2. The van der Waals surface area contributed by atoms with E-state index >= 15 is 0 Å². The molecule has 3 aromatic rings. The number of nitrogens with zero attached hydrogens (tertiary/aromatic N) is 3. The average Bonchev–Trinajstić information content (AvgIpc) is 2.49. The van der Waals surface area contributed by atoms with Gasteiger partial charge in [-0.3, -0.25) is 0 Å². The molecular formula is C15H11N3O. The fraction of sp³-hybridized carbons (Fsp3) is 0. The highest BCUT2D eigenvalue weighted by Crippen LogP contribution is 2.20. The summed E-state index contributed by atoms with van der Waals surface area (Å²) in [6.07, 6.45) is 0. The van der Waals surface area contributed by atoms with Crippen LogP contribution in [0.5, 0.6) is 0 Å². The molecule has 19 heavy (non-hydrogen) atoms. The second kappa shape index (κ2) is 4.86. The smallest absolute Gasteiger partial charge is 0.215 e. The summed E-state index contributed by atoms with van der Waals surface area (Å²) in [5, 5.41) is 19.3. The number of benzene rings is 2. The fourth-order valence-corrected chi connectivity index (χ4v) is 1.90. The first-order valence-electron chi connectivity index (χ1n) is 5.93. The van der Waals surface area contributed by atoms with Crippen molar-refractivity contribution in [3.8, 4) is 22.5 Å². The van der Waals surface area contributed by atoms with Crippen LogP contribution in [0.3, 0.4) is 0 Å². The van der Waals surface area contributed by atoms with E-state index in [1.807, 2.05) is 60.7 Å². The number of hydrogen-bond acceptors (Lipinski definition) is 3. The minimum atomic E-state index is 0.495. The third-order valence-electron chi connectivity index (χ3n) is 2.85. The lowest BCUT2D eigenvalue weighted by atomic mass is 10.1. The number of aromatic nitrogens is 3. The zero-order valence-corrected chi connectivity index (χ0v) is 10.1. The Bertz CT molecular complexity index is 684. The van der Waals surface area contributed by atoms with Gasteiger partial charge in [0.15, 0.2) is 5.69 Å². The van der Waals surface area contributed by atoms with Crippen molar-refractivity contribution >= 4 is 0 Å². The molecular weight excluding hydrogens is 238 g/mol. The summed E-state index contributed by atoms with van der Waals surface area (Å²) < 4.78 is 0. The van der Waals surface area contributed by atoms with Gasteiger partial charge in [0.05, 0.1) is 5.10 Å². The lowest BCUT2D eigenvalue weighted by molar-refractivity contribution is -0.664. The van der Waals surface area contributed by atoms with E-state index in [2.05, 4.69) is 10.3 Å². The molecule has 0 aliphatic heterocycles. The third kappa shape index (κ3) is 2.28. The summed E-state index contributed by atoms with van der Waals surface area (Å²) >= 11 is 0. The minimum Gasteiger partial charge on any atom is -0.691 e. The first-order valence-corrected chi connectivity index (χ1v) is 5.93. The molecule has 0 aliphatic carbocycles.